The number of hydrogen-bond donors (Lipinski definition) is 0. The van der Waals surface area contributed by atoms with E-state index in [4.69, 9.17) is 58.5 Å². The van der Waals surface area contributed by atoms with Gasteiger partial charge in [-0.2, -0.15) is 0 Å². The summed E-state index contributed by atoms with van der Waals surface area (Å²) in [5.41, 5.74) is 2.87. The standard InChI is InChI=1S/C29H29Cl3O6/c1-20-24(34-17-21-11-5-2-6-12-21)25(35-18-22-13-7-3-8-14-22)26(36-19-23-15-9-4-10-16-23)27(37-20)38-28(33)29(30,31)32/h2-16,20,24-27H,17-19H2,1H3/t20-,24+,25+,26-,27-/m0/s1. The van der Waals surface area contributed by atoms with Crippen LogP contribution in [-0.2, 0) is 48.3 Å². The number of carbonyl (C=O) groups excluding carboxylic acids is 1. The lowest BCUT2D eigenvalue weighted by molar-refractivity contribution is -0.311. The Morgan fingerprint density at radius 2 is 1.08 bits per heavy atom. The molecule has 0 spiro atoms. The Hall–Kier alpha value is -2.16. The van der Waals surface area contributed by atoms with Crippen molar-refractivity contribution in [2.45, 2.75) is 61.2 Å². The zero-order valence-electron chi connectivity index (χ0n) is 20.8. The minimum absolute atomic E-state index is 0.210. The summed E-state index contributed by atoms with van der Waals surface area (Å²) in [6, 6.07) is 29.1. The Morgan fingerprint density at radius 3 is 1.50 bits per heavy atom. The van der Waals surface area contributed by atoms with Gasteiger partial charge in [0.15, 0.2) is 0 Å². The molecule has 0 aliphatic carbocycles. The summed E-state index contributed by atoms with van der Waals surface area (Å²) in [5.74, 6) is -1.07. The molecule has 38 heavy (non-hydrogen) atoms. The summed E-state index contributed by atoms with van der Waals surface area (Å²) in [4.78, 5) is 12.5. The van der Waals surface area contributed by atoms with Crippen LogP contribution in [0.15, 0.2) is 91.0 Å². The number of ether oxygens (including phenoxy) is 5. The molecule has 4 rings (SSSR count). The van der Waals surface area contributed by atoms with Gasteiger partial charge in [-0.1, -0.05) is 126 Å². The highest BCUT2D eigenvalue weighted by atomic mass is 35.6. The summed E-state index contributed by atoms with van der Waals surface area (Å²) in [6.45, 7) is 2.63. The molecule has 0 amide bonds. The fraction of sp³-hybridized carbons (Fsp3) is 0.345. The van der Waals surface area contributed by atoms with Gasteiger partial charge in [0.1, 0.15) is 18.3 Å². The topological polar surface area (TPSA) is 63.2 Å². The summed E-state index contributed by atoms with van der Waals surface area (Å²) >= 11 is 17.4. The number of benzene rings is 3. The van der Waals surface area contributed by atoms with Crippen molar-refractivity contribution in [3.63, 3.8) is 0 Å². The maximum absolute atomic E-state index is 12.5. The van der Waals surface area contributed by atoms with Crippen molar-refractivity contribution in [3.05, 3.63) is 108 Å². The zero-order chi connectivity index (χ0) is 27.0. The van der Waals surface area contributed by atoms with E-state index >= 15 is 0 Å². The van der Waals surface area contributed by atoms with Crippen LogP contribution in [0.5, 0.6) is 0 Å². The minimum Gasteiger partial charge on any atom is -0.430 e. The van der Waals surface area contributed by atoms with Gasteiger partial charge in [0.2, 0.25) is 6.29 Å². The molecule has 0 bridgehead atoms. The van der Waals surface area contributed by atoms with Crippen LogP contribution in [-0.4, -0.2) is 40.5 Å². The summed E-state index contributed by atoms with van der Waals surface area (Å²) < 4.78 is 28.4. The van der Waals surface area contributed by atoms with E-state index < -0.39 is 40.5 Å². The third-order valence-corrected chi connectivity index (χ3v) is 6.50. The highest BCUT2D eigenvalue weighted by Crippen LogP contribution is 2.34. The second-order valence-electron chi connectivity index (χ2n) is 8.90. The van der Waals surface area contributed by atoms with Gasteiger partial charge in [-0.15, -0.1) is 0 Å². The SMILES string of the molecule is C[C@@H]1O[C@@H](OC(=O)C(Cl)(Cl)Cl)[C@@H](OCc2ccccc2)[C@H](OCc2ccccc2)[C@@H]1OCc1ccccc1. The normalized spacial score (nSPS) is 23.6. The Morgan fingerprint density at radius 1 is 0.684 bits per heavy atom. The van der Waals surface area contributed by atoms with Crippen LogP contribution in [0.2, 0.25) is 0 Å². The third kappa shape index (κ3) is 8.17. The van der Waals surface area contributed by atoms with E-state index in [1.54, 1.807) is 0 Å². The predicted octanol–water partition coefficient (Wildman–Crippen LogP) is 6.40. The average molecular weight is 580 g/mol. The van der Waals surface area contributed by atoms with Crippen molar-refractivity contribution in [2.75, 3.05) is 0 Å². The van der Waals surface area contributed by atoms with E-state index in [1.807, 2.05) is 97.9 Å². The quantitative estimate of drug-likeness (QED) is 0.205. The second-order valence-corrected chi connectivity index (χ2v) is 11.2. The number of halogens is 3. The molecule has 1 fully saturated rings. The molecule has 3 aromatic carbocycles. The smallest absolute Gasteiger partial charge is 0.360 e. The zero-order valence-corrected chi connectivity index (χ0v) is 23.0. The minimum atomic E-state index is -2.28. The van der Waals surface area contributed by atoms with Gasteiger partial charge in [-0.05, 0) is 23.6 Å². The van der Waals surface area contributed by atoms with E-state index in [-0.39, 0.29) is 13.2 Å². The van der Waals surface area contributed by atoms with Crippen molar-refractivity contribution >= 4 is 40.8 Å². The molecule has 1 aliphatic rings. The molecule has 0 radical (unpaired) electrons. The molecule has 3 aromatic rings. The molecule has 0 N–H and O–H groups in total. The van der Waals surface area contributed by atoms with E-state index in [2.05, 4.69) is 0 Å². The summed E-state index contributed by atoms with van der Waals surface area (Å²) in [5, 5.41) is 0. The van der Waals surface area contributed by atoms with Crippen LogP contribution in [0.3, 0.4) is 0 Å². The third-order valence-electron chi connectivity index (χ3n) is 6.04. The van der Waals surface area contributed by atoms with Gasteiger partial charge in [0.25, 0.3) is 3.79 Å². The summed E-state index contributed by atoms with van der Waals surface area (Å²) in [6.07, 6.45) is -3.85. The van der Waals surface area contributed by atoms with Gasteiger partial charge in [-0.3, -0.25) is 0 Å². The molecule has 1 heterocycles. The van der Waals surface area contributed by atoms with Gasteiger partial charge in [-0.25, -0.2) is 4.79 Å². The number of hydrogen-bond acceptors (Lipinski definition) is 6. The van der Waals surface area contributed by atoms with Crippen LogP contribution in [0.4, 0.5) is 0 Å². The number of rotatable bonds is 10. The Bertz CT molecular complexity index is 1130. The Kier molecular flexibility index (Phi) is 10.4. The molecule has 9 heteroatoms. The second kappa shape index (κ2) is 13.8. The summed E-state index contributed by atoms with van der Waals surface area (Å²) in [7, 11) is 0. The van der Waals surface area contributed by atoms with Crippen molar-refractivity contribution in [3.8, 4) is 0 Å². The Labute approximate surface area is 237 Å². The lowest BCUT2D eigenvalue weighted by atomic mass is 9.98. The van der Waals surface area contributed by atoms with Crippen LogP contribution < -0.4 is 0 Å². The maximum Gasteiger partial charge on any atom is 0.360 e. The van der Waals surface area contributed by atoms with E-state index in [1.165, 1.54) is 0 Å². The highest BCUT2D eigenvalue weighted by Gasteiger charge is 2.50. The van der Waals surface area contributed by atoms with Gasteiger partial charge < -0.3 is 23.7 Å². The lowest BCUT2D eigenvalue weighted by Gasteiger charge is -2.44. The maximum atomic E-state index is 12.5. The monoisotopic (exact) mass is 578 g/mol. The fourth-order valence-electron chi connectivity index (χ4n) is 4.14. The van der Waals surface area contributed by atoms with Gasteiger partial charge >= 0.3 is 5.97 Å². The van der Waals surface area contributed by atoms with Crippen LogP contribution in [0.1, 0.15) is 23.6 Å². The molecule has 6 nitrogen and oxygen atoms in total. The van der Waals surface area contributed by atoms with Crippen molar-refractivity contribution in [2.24, 2.45) is 0 Å². The first-order valence-corrected chi connectivity index (χ1v) is 13.3. The molecule has 1 saturated heterocycles. The fourth-order valence-corrected chi connectivity index (χ4v) is 4.27. The molecule has 202 valence electrons. The molecule has 5 atom stereocenters. The van der Waals surface area contributed by atoms with Gasteiger partial charge in [0.05, 0.1) is 25.9 Å². The van der Waals surface area contributed by atoms with Crippen molar-refractivity contribution < 1.29 is 28.5 Å². The first-order valence-electron chi connectivity index (χ1n) is 12.2. The Balaban J connectivity index is 1.61. The van der Waals surface area contributed by atoms with Crippen molar-refractivity contribution in [1.82, 2.24) is 0 Å². The molecule has 0 unspecified atom stereocenters. The number of carbonyl (C=O) groups is 1. The van der Waals surface area contributed by atoms with Crippen LogP contribution >= 0.6 is 34.8 Å². The number of alkyl halides is 3. The molecular formula is C29H29Cl3O6. The largest absolute Gasteiger partial charge is 0.430 e. The predicted molar refractivity (Wildman–Crippen MR) is 146 cm³/mol. The first-order chi connectivity index (χ1) is 18.3. The molecule has 0 saturated carbocycles. The van der Waals surface area contributed by atoms with E-state index in [0.717, 1.165) is 16.7 Å². The van der Waals surface area contributed by atoms with E-state index in [0.29, 0.717) is 6.61 Å². The molecule has 1 aliphatic heterocycles. The van der Waals surface area contributed by atoms with E-state index in [9.17, 15) is 4.79 Å². The lowest BCUT2D eigenvalue weighted by Crippen LogP contribution is -2.60. The van der Waals surface area contributed by atoms with Crippen molar-refractivity contribution in [1.29, 1.82) is 0 Å². The van der Waals surface area contributed by atoms with Gasteiger partial charge in [0, 0.05) is 0 Å². The average Bonchev–Trinajstić information content (AvgIpc) is 2.92. The highest BCUT2D eigenvalue weighted by molar-refractivity contribution is 6.75. The molecular weight excluding hydrogens is 551 g/mol. The van der Waals surface area contributed by atoms with Crippen LogP contribution in [0.25, 0.3) is 0 Å². The molecule has 0 aromatic heterocycles. The van der Waals surface area contributed by atoms with Crippen LogP contribution in [0, 0.1) is 0 Å². The number of esters is 1. The first kappa shape index (κ1) is 28.8.